The molecule has 0 aromatic heterocycles. The fraction of sp³-hybridized carbons (Fsp3) is 0.0588. The molecule has 0 radical (unpaired) electrons. The molecule has 21 heavy (non-hydrogen) atoms. The summed E-state index contributed by atoms with van der Waals surface area (Å²) < 4.78 is 13.7. The van der Waals surface area contributed by atoms with E-state index < -0.39 is 5.82 Å². The first-order chi connectivity index (χ1) is 10.1. The van der Waals surface area contributed by atoms with Crippen LogP contribution < -0.4 is 5.32 Å². The number of hydrogen-bond acceptors (Lipinski definition) is 2. The number of rotatable bonds is 2. The van der Waals surface area contributed by atoms with Crippen molar-refractivity contribution < 1.29 is 9.18 Å². The molecule has 2 aromatic rings. The molecule has 3 rings (SSSR count). The van der Waals surface area contributed by atoms with Gasteiger partial charge in [-0.15, -0.1) is 0 Å². The number of aliphatic imine (C=N–C) groups is 1. The molecule has 0 saturated heterocycles. The van der Waals surface area contributed by atoms with E-state index in [2.05, 4.69) is 10.3 Å². The zero-order valence-electron chi connectivity index (χ0n) is 11.4. The van der Waals surface area contributed by atoms with Crippen LogP contribution in [0.2, 0.25) is 0 Å². The Balaban J connectivity index is 2.00. The summed E-state index contributed by atoms with van der Waals surface area (Å²) in [6, 6.07) is 13.9. The van der Waals surface area contributed by atoms with E-state index in [0.29, 0.717) is 5.56 Å². The molecule has 2 aromatic carbocycles. The van der Waals surface area contributed by atoms with E-state index in [1.165, 1.54) is 6.07 Å². The monoisotopic (exact) mass is 280 g/mol. The summed E-state index contributed by atoms with van der Waals surface area (Å²) in [5, 5.41) is 2.60. The van der Waals surface area contributed by atoms with Crippen molar-refractivity contribution in [3.63, 3.8) is 0 Å². The largest absolute Gasteiger partial charge is 0.305 e. The Morgan fingerprint density at radius 3 is 2.57 bits per heavy atom. The van der Waals surface area contributed by atoms with Crippen molar-refractivity contribution in [3.8, 4) is 0 Å². The Kier molecular flexibility index (Phi) is 3.36. The van der Waals surface area contributed by atoms with Gasteiger partial charge < -0.3 is 5.32 Å². The Morgan fingerprint density at radius 2 is 1.81 bits per heavy atom. The number of halogens is 1. The maximum Gasteiger partial charge on any atom is 0.275 e. The average molecular weight is 280 g/mol. The lowest BCUT2D eigenvalue weighted by Gasteiger charge is -2.00. The topological polar surface area (TPSA) is 41.5 Å². The van der Waals surface area contributed by atoms with E-state index in [1.807, 2.05) is 31.2 Å². The molecular formula is C17H13FN2O. The van der Waals surface area contributed by atoms with Crippen LogP contribution in [-0.2, 0) is 4.79 Å². The van der Waals surface area contributed by atoms with Gasteiger partial charge in [-0.3, -0.25) is 4.79 Å². The molecule has 1 aliphatic rings. The minimum Gasteiger partial charge on any atom is -0.305 e. The summed E-state index contributed by atoms with van der Waals surface area (Å²) in [7, 11) is 0. The first kappa shape index (κ1) is 13.2. The maximum absolute atomic E-state index is 13.7. The van der Waals surface area contributed by atoms with Gasteiger partial charge in [-0.25, -0.2) is 9.38 Å². The van der Waals surface area contributed by atoms with Crippen molar-refractivity contribution in [1.29, 1.82) is 0 Å². The van der Waals surface area contributed by atoms with Crippen molar-refractivity contribution in [1.82, 2.24) is 5.32 Å². The first-order valence-electron chi connectivity index (χ1n) is 6.57. The van der Waals surface area contributed by atoms with E-state index in [1.54, 1.807) is 24.3 Å². The molecule has 104 valence electrons. The van der Waals surface area contributed by atoms with Crippen molar-refractivity contribution >= 4 is 17.8 Å². The van der Waals surface area contributed by atoms with E-state index in [4.69, 9.17) is 0 Å². The number of amides is 1. The molecule has 1 heterocycles. The Morgan fingerprint density at radius 1 is 1.10 bits per heavy atom. The van der Waals surface area contributed by atoms with Crippen LogP contribution in [0.4, 0.5) is 4.39 Å². The van der Waals surface area contributed by atoms with Crippen LogP contribution in [0.5, 0.6) is 0 Å². The lowest BCUT2D eigenvalue weighted by molar-refractivity contribution is -0.115. The Hall–Kier alpha value is -2.75. The van der Waals surface area contributed by atoms with Crippen molar-refractivity contribution in [3.05, 3.63) is 76.7 Å². The summed E-state index contributed by atoms with van der Waals surface area (Å²) in [6.07, 6.45) is 1.71. The second-order valence-corrected chi connectivity index (χ2v) is 4.78. The predicted octanol–water partition coefficient (Wildman–Crippen LogP) is 3.05. The number of nitrogens with one attached hydrogen (secondary N) is 1. The summed E-state index contributed by atoms with van der Waals surface area (Å²) in [5.74, 6) is -0.483. The van der Waals surface area contributed by atoms with Crippen molar-refractivity contribution in [2.75, 3.05) is 0 Å². The molecule has 0 spiro atoms. The minimum absolute atomic E-state index is 0.248. The van der Waals surface area contributed by atoms with Gasteiger partial charge in [0.2, 0.25) is 0 Å². The highest BCUT2D eigenvalue weighted by molar-refractivity contribution is 6.19. The third-order valence-corrected chi connectivity index (χ3v) is 3.31. The number of hydrogen-bond donors (Lipinski definition) is 1. The standard InChI is InChI=1S/C17H13FN2O/c1-11-6-2-3-7-12(11)10-15-17(21)20-16(19-15)13-8-4-5-9-14(13)18/h2-10H,1H3,(H,19,20,21)/b15-10-. The van der Waals surface area contributed by atoms with Crippen LogP contribution >= 0.6 is 0 Å². The van der Waals surface area contributed by atoms with E-state index in [-0.39, 0.29) is 17.4 Å². The van der Waals surface area contributed by atoms with Gasteiger partial charge >= 0.3 is 0 Å². The van der Waals surface area contributed by atoms with Crippen LogP contribution in [-0.4, -0.2) is 11.7 Å². The fourth-order valence-corrected chi connectivity index (χ4v) is 2.15. The highest BCUT2D eigenvalue weighted by atomic mass is 19.1. The van der Waals surface area contributed by atoms with E-state index in [9.17, 15) is 9.18 Å². The Labute approximate surface area is 121 Å². The Bertz CT molecular complexity index is 778. The zero-order valence-corrected chi connectivity index (χ0v) is 11.4. The molecule has 0 unspecified atom stereocenters. The molecule has 0 bridgehead atoms. The second-order valence-electron chi connectivity index (χ2n) is 4.78. The molecule has 0 fully saturated rings. The number of nitrogens with zero attached hydrogens (tertiary/aromatic N) is 1. The van der Waals surface area contributed by atoms with E-state index >= 15 is 0 Å². The number of amidine groups is 1. The van der Waals surface area contributed by atoms with Crippen LogP contribution in [0.15, 0.2) is 59.2 Å². The number of benzene rings is 2. The van der Waals surface area contributed by atoms with Gasteiger partial charge in [-0.05, 0) is 36.3 Å². The van der Waals surface area contributed by atoms with Crippen LogP contribution in [0, 0.1) is 12.7 Å². The third kappa shape index (κ3) is 2.60. The van der Waals surface area contributed by atoms with E-state index in [0.717, 1.165) is 11.1 Å². The molecule has 0 aliphatic carbocycles. The van der Waals surface area contributed by atoms with Gasteiger partial charge in [0.1, 0.15) is 17.3 Å². The summed E-state index contributed by atoms with van der Waals surface area (Å²) in [5.41, 5.74) is 2.54. The second kappa shape index (κ2) is 5.32. The predicted molar refractivity (Wildman–Crippen MR) is 80.2 cm³/mol. The molecule has 3 nitrogen and oxygen atoms in total. The fourth-order valence-electron chi connectivity index (χ4n) is 2.15. The number of carbonyl (C=O) groups is 1. The van der Waals surface area contributed by atoms with Gasteiger partial charge in [0.25, 0.3) is 5.91 Å². The lowest BCUT2D eigenvalue weighted by atomic mass is 10.1. The molecule has 1 aliphatic heterocycles. The van der Waals surface area contributed by atoms with Gasteiger partial charge in [0, 0.05) is 0 Å². The molecule has 4 heteroatoms. The quantitative estimate of drug-likeness (QED) is 0.844. The molecular weight excluding hydrogens is 267 g/mol. The smallest absolute Gasteiger partial charge is 0.275 e. The van der Waals surface area contributed by atoms with Crippen LogP contribution in [0.1, 0.15) is 16.7 Å². The average Bonchev–Trinajstić information content (AvgIpc) is 2.83. The highest BCUT2D eigenvalue weighted by Crippen LogP contribution is 2.18. The highest BCUT2D eigenvalue weighted by Gasteiger charge is 2.22. The molecule has 1 amide bonds. The summed E-state index contributed by atoms with van der Waals surface area (Å²) in [4.78, 5) is 16.2. The number of aryl methyl sites for hydroxylation is 1. The van der Waals surface area contributed by atoms with Gasteiger partial charge in [0.15, 0.2) is 0 Å². The van der Waals surface area contributed by atoms with Crippen LogP contribution in [0.25, 0.3) is 6.08 Å². The van der Waals surface area contributed by atoms with Crippen molar-refractivity contribution in [2.24, 2.45) is 4.99 Å². The molecule has 0 atom stereocenters. The minimum atomic E-state index is -0.409. The van der Waals surface area contributed by atoms with Gasteiger partial charge in [-0.2, -0.15) is 0 Å². The zero-order chi connectivity index (χ0) is 14.8. The van der Waals surface area contributed by atoms with Crippen molar-refractivity contribution in [2.45, 2.75) is 6.92 Å². The third-order valence-electron chi connectivity index (χ3n) is 3.31. The summed E-state index contributed by atoms with van der Waals surface area (Å²) in [6.45, 7) is 1.96. The maximum atomic E-state index is 13.7. The normalized spacial score (nSPS) is 16.0. The first-order valence-corrected chi connectivity index (χ1v) is 6.57. The lowest BCUT2D eigenvalue weighted by Crippen LogP contribution is -2.25. The SMILES string of the molecule is Cc1ccccc1/C=C1\N=C(c2ccccc2F)NC1=O. The molecule has 0 saturated carbocycles. The van der Waals surface area contributed by atoms with Gasteiger partial charge in [-0.1, -0.05) is 36.4 Å². The van der Waals surface area contributed by atoms with Gasteiger partial charge in [0.05, 0.1) is 5.56 Å². The molecule has 1 N–H and O–H groups in total. The summed E-state index contributed by atoms with van der Waals surface area (Å²) >= 11 is 0. The number of carbonyl (C=O) groups excluding carboxylic acids is 1. The van der Waals surface area contributed by atoms with Crippen LogP contribution in [0.3, 0.4) is 0 Å².